The Balaban J connectivity index is 1.48. The monoisotopic (exact) mass is 1380 g/mol. The molecular weight excluding hydrogens is 1240 g/mol. The standard InChI is InChI=1S/C73H138N2O21/c1-4-6-8-10-12-14-16-18-19-20-21-22-23-24-25-26-27-28-29-30-31-32-33-35-37-39-41-43-45-47-60(83)75-54(55(80)46-44-42-40-38-36-34-17-15-13-11-9-7-5-2)52-91-70-65(87)64(86)67(59(51-78)93-70)94-71-66(88)69(63(85)58(50-77)92-71)96-73(72(89)90)48-56(81)61(74-53(3)79)68(95-73)62(84)57(82)49-76/h54-59,61-71,76-78,80-82,84-88H,4-52H2,1-3H3,(H,74,79)(H,75,83)(H,89,90). The summed E-state index contributed by atoms with van der Waals surface area (Å²) in [5.74, 6) is -6.09. The largest absolute Gasteiger partial charge is 0.477 e. The van der Waals surface area contributed by atoms with Gasteiger partial charge in [0.1, 0.15) is 67.1 Å². The van der Waals surface area contributed by atoms with Gasteiger partial charge < -0.3 is 100 Å². The van der Waals surface area contributed by atoms with Crippen molar-refractivity contribution in [2.24, 2.45) is 0 Å². The molecule has 3 aliphatic heterocycles. The number of carbonyl (C=O) groups is 3. The summed E-state index contributed by atoms with van der Waals surface area (Å²) in [4.78, 5) is 38.6. The number of aliphatic hydroxyl groups is 11. The van der Waals surface area contributed by atoms with Crippen LogP contribution in [0.2, 0.25) is 0 Å². The van der Waals surface area contributed by atoms with Crippen LogP contribution in [0, 0.1) is 0 Å². The molecule has 23 nitrogen and oxygen atoms in total. The van der Waals surface area contributed by atoms with Gasteiger partial charge in [-0.05, 0) is 12.8 Å². The summed E-state index contributed by atoms with van der Waals surface area (Å²) in [6, 6.07) is -2.52. The topological polar surface area (TPSA) is 373 Å². The molecule has 566 valence electrons. The SMILES string of the molecule is CCCCCCCCCCCCCCCCCCCCCCCCCCCCCCCC(=O)NC(COC1OC(CO)C(OC2OC(CO)C(O)C(OC3(C(=O)O)CC(O)C(NC(C)=O)C(C(O)C(O)CO)O3)C2O)C(O)C1O)C(O)CCCCCCCCCCCCCCC. The Morgan fingerprint density at radius 1 is 0.500 bits per heavy atom. The smallest absolute Gasteiger partial charge is 0.364 e. The quantitative estimate of drug-likeness (QED) is 0.0253. The molecule has 0 radical (unpaired) electrons. The van der Waals surface area contributed by atoms with E-state index in [0.717, 1.165) is 51.9 Å². The van der Waals surface area contributed by atoms with E-state index in [1.165, 1.54) is 212 Å². The van der Waals surface area contributed by atoms with Crippen LogP contribution < -0.4 is 10.6 Å². The fourth-order valence-corrected chi connectivity index (χ4v) is 13.7. The van der Waals surface area contributed by atoms with Crippen LogP contribution in [0.15, 0.2) is 0 Å². The Hall–Kier alpha value is -2.27. The number of carboxylic acids is 1. The van der Waals surface area contributed by atoms with Gasteiger partial charge in [-0.25, -0.2) is 4.79 Å². The van der Waals surface area contributed by atoms with Crippen LogP contribution in [0.4, 0.5) is 0 Å². The summed E-state index contributed by atoms with van der Waals surface area (Å²) in [7, 11) is 0. The molecule has 0 aromatic heterocycles. The molecule has 0 bridgehead atoms. The molecule has 96 heavy (non-hydrogen) atoms. The van der Waals surface area contributed by atoms with Gasteiger partial charge in [0.15, 0.2) is 12.6 Å². The first-order chi connectivity index (χ1) is 46.4. The fourth-order valence-electron chi connectivity index (χ4n) is 13.7. The second-order valence-corrected chi connectivity index (χ2v) is 28.2. The summed E-state index contributed by atoms with van der Waals surface area (Å²) in [6.45, 7) is 2.23. The van der Waals surface area contributed by atoms with Crippen LogP contribution in [-0.2, 0) is 42.8 Å². The van der Waals surface area contributed by atoms with Crippen molar-refractivity contribution in [2.45, 2.75) is 420 Å². The van der Waals surface area contributed by atoms with Crippen molar-refractivity contribution in [3.63, 3.8) is 0 Å². The number of aliphatic carboxylic acids is 1. The molecular formula is C73H138N2O21. The average Bonchev–Trinajstić information content (AvgIpc) is 0.758. The molecule has 18 unspecified atom stereocenters. The normalized spacial score (nSPS) is 27.5. The van der Waals surface area contributed by atoms with Crippen LogP contribution in [-0.4, -0.2) is 215 Å². The average molecular weight is 1380 g/mol. The number of carboxylic acid groups (broad SMARTS) is 1. The number of carbonyl (C=O) groups excluding carboxylic acids is 2. The van der Waals surface area contributed by atoms with Crippen molar-refractivity contribution in [3.8, 4) is 0 Å². The number of hydrogen-bond acceptors (Lipinski definition) is 20. The maximum Gasteiger partial charge on any atom is 0.364 e. The zero-order valence-electron chi connectivity index (χ0n) is 59.5. The van der Waals surface area contributed by atoms with Gasteiger partial charge in [0.25, 0.3) is 5.79 Å². The highest BCUT2D eigenvalue weighted by Crippen LogP contribution is 2.39. The number of amides is 2. The van der Waals surface area contributed by atoms with Crippen molar-refractivity contribution in [2.75, 3.05) is 26.4 Å². The van der Waals surface area contributed by atoms with Crippen molar-refractivity contribution < 1.29 is 104 Å². The van der Waals surface area contributed by atoms with Gasteiger partial charge in [0.05, 0.1) is 50.7 Å². The molecule has 23 heteroatoms. The Morgan fingerprint density at radius 2 is 0.906 bits per heavy atom. The highest BCUT2D eigenvalue weighted by molar-refractivity contribution is 5.77. The summed E-state index contributed by atoms with van der Waals surface area (Å²) in [6.07, 6.45) is 24.1. The highest BCUT2D eigenvalue weighted by Gasteiger charge is 2.60. The summed E-state index contributed by atoms with van der Waals surface area (Å²) in [5, 5.41) is 136. The Bertz CT molecular complexity index is 1930. The summed E-state index contributed by atoms with van der Waals surface area (Å²) >= 11 is 0. The first-order valence-corrected chi connectivity index (χ1v) is 38.4. The van der Waals surface area contributed by atoms with E-state index in [1.54, 1.807) is 0 Å². The van der Waals surface area contributed by atoms with Gasteiger partial charge in [-0.15, -0.1) is 0 Å². The maximum atomic E-state index is 13.5. The van der Waals surface area contributed by atoms with E-state index in [2.05, 4.69) is 24.5 Å². The molecule has 14 N–H and O–H groups in total. The third-order valence-electron chi connectivity index (χ3n) is 19.8. The molecule has 0 aliphatic carbocycles. The number of nitrogens with one attached hydrogen (secondary N) is 2. The van der Waals surface area contributed by atoms with Gasteiger partial charge in [0.2, 0.25) is 11.8 Å². The van der Waals surface area contributed by atoms with Crippen LogP contribution in [0.1, 0.15) is 310 Å². The molecule has 0 spiro atoms. The van der Waals surface area contributed by atoms with Crippen molar-refractivity contribution >= 4 is 17.8 Å². The van der Waals surface area contributed by atoms with E-state index in [0.29, 0.717) is 19.3 Å². The van der Waals surface area contributed by atoms with Gasteiger partial charge in [-0.2, -0.15) is 0 Å². The number of rotatable bonds is 60. The van der Waals surface area contributed by atoms with E-state index in [9.17, 15) is 75.7 Å². The van der Waals surface area contributed by atoms with Crippen LogP contribution in [0.5, 0.6) is 0 Å². The van der Waals surface area contributed by atoms with E-state index in [-0.39, 0.29) is 18.9 Å². The van der Waals surface area contributed by atoms with Crippen LogP contribution in [0.3, 0.4) is 0 Å². The molecule has 0 aromatic carbocycles. The maximum absolute atomic E-state index is 13.5. The minimum absolute atomic E-state index is 0.229. The number of hydrogen-bond donors (Lipinski definition) is 14. The predicted molar refractivity (Wildman–Crippen MR) is 366 cm³/mol. The van der Waals surface area contributed by atoms with Crippen LogP contribution in [0.25, 0.3) is 0 Å². The van der Waals surface area contributed by atoms with Crippen LogP contribution >= 0.6 is 0 Å². The molecule has 0 saturated carbocycles. The minimum Gasteiger partial charge on any atom is -0.477 e. The fraction of sp³-hybridized carbons (Fsp3) is 0.959. The van der Waals surface area contributed by atoms with Crippen molar-refractivity contribution in [3.05, 3.63) is 0 Å². The predicted octanol–water partition coefficient (Wildman–Crippen LogP) is 8.85. The summed E-state index contributed by atoms with van der Waals surface area (Å²) < 4.78 is 34.9. The van der Waals surface area contributed by atoms with E-state index in [1.807, 2.05) is 0 Å². The Kier molecular flexibility index (Phi) is 49.0. The van der Waals surface area contributed by atoms with Crippen molar-refractivity contribution in [1.82, 2.24) is 10.6 Å². The molecule has 18 atom stereocenters. The third kappa shape index (κ3) is 34.6. The first-order valence-electron chi connectivity index (χ1n) is 38.4. The highest BCUT2D eigenvalue weighted by atomic mass is 16.8. The van der Waals surface area contributed by atoms with Gasteiger partial charge >= 0.3 is 5.97 Å². The minimum atomic E-state index is -3.08. The lowest BCUT2D eigenvalue weighted by atomic mass is 9.88. The first kappa shape index (κ1) is 87.9. The Morgan fingerprint density at radius 3 is 1.30 bits per heavy atom. The Labute approximate surface area is 576 Å². The lowest BCUT2D eigenvalue weighted by molar-refractivity contribution is -0.386. The van der Waals surface area contributed by atoms with E-state index >= 15 is 0 Å². The van der Waals surface area contributed by atoms with E-state index < -0.39 is 148 Å². The number of ether oxygens (including phenoxy) is 6. The zero-order valence-corrected chi connectivity index (χ0v) is 59.5. The number of aliphatic hydroxyl groups excluding tert-OH is 11. The molecule has 3 fully saturated rings. The second kappa shape index (κ2) is 53.5. The lowest BCUT2D eigenvalue weighted by Gasteiger charge is -2.50. The van der Waals surface area contributed by atoms with E-state index in [4.69, 9.17) is 28.4 Å². The molecule has 3 rings (SSSR count). The molecule has 3 aliphatic rings. The zero-order chi connectivity index (χ0) is 70.4. The molecule has 2 amide bonds. The van der Waals surface area contributed by atoms with Gasteiger partial charge in [-0.1, -0.05) is 277 Å². The lowest BCUT2D eigenvalue weighted by Crippen LogP contribution is -2.70. The third-order valence-corrected chi connectivity index (χ3v) is 19.8. The molecule has 3 heterocycles. The van der Waals surface area contributed by atoms with Gasteiger partial charge in [-0.3, -0.25) is 9.59 Å². The molecule has 3 saturated heterocycles. The number of unbranched alkanes of at least 4 members (excludes halogenated alkanes) is 40. The molecule has 0 aromatic rings. The second-order valence-electron chi connectivity index (χ2n) is 28.2. The van der Waals surface area contributed by atoms with Crippen molar-refractivity contribution in [1.29, 1.82) is 0 Å². The summed E-state index contributed by atoms with van der Waals surface area (Å²) in [5.41, 5.74) is 0. The van der Waals surface area contributed by atoms with Gasteiger partial charge in [0, 0.05) is 19.8 Å².